The lowest BCUT2D eigenvalue weighted by molar-refractivity contribution is -0.149. The molecule has 37 heavy (non-hydrogen) atoms. The third-order valence-corrected chi connectivity index (χ3v) is 7.63. The predicted octanol–water partition coefficient (Wildman–Crippen LogP) is 2.73. The second-order valence-corrected chi connectivity index (χ2v) is 10.8. The van der Waals surface area contributed by atoms with Gasteiger partial charge in [0, 0.05) is 5.92 Å². The number of hydrogen-bond acceptors (Lipinski definition) is 9. The van der Waals surface area contributed by atoms with Gasteiger partial charge in [0.05, 0.1) is 37.5 Å². The van der Waals surface area contributed by atoms with Crippen LogP contribution in [0.15, 0.2) is 59.9 Å². The van der Waals surface area contributed by atoms with Crippen molar-refractivity contribution in [3.05, 3.63) is 65.5 Å². The number of fused-ring (bicyclic) bond motifs is 1. The topological polar surface area (TPSA) is 158 Å². The van der Waals surface area contributed by atoms with Crippen molar-refractivity contribution in [1.29, 1.82) is 0 Å². The normalized spacial score (nSPS) is 22.2. The van der Waals surface area contributed by atoms with Crippen LogP contribution in [-0.4, -0.2) is 55.5 Å². The van der Waals surface area contributed by atoms with Crippen molar-refractivity contribution in [3.63, 3.8) is 0 Å². The number of nitrogens with zero attached hydrogens (tertiary/aromatic N) is 3. The van der Waals surface area contributed by atoms with Gasteiger partial charge >= 0.3 is 13.7 Å². The van der Waals surface area contributed by atoms with Crippen LogP contribution in [0.4, 0.5) is 0 Å². The summed E-state index contributed by atoms with van der Waals surface area (Å²) in [5.41, 5.74) is 0.757. The molecular weight excluding hydrogens is 501 g/mol. The van der Waals surface area contributed by atoms with Crippen LogP contribution in [0.1, 0.15) is 33.2 Å². The summed E-state index contributed by atoms with van der Waals surface area (Å²) in [5, 5.41) is 13.5. The van der Waals surface area contributed by atoms with Crippen LogP contribution in [0.5, 0.6) is 5.75 Å². The van der Waals surface area contributed by atoms with Crippen molar-refractivity contribution in [1.82, 2.24) is 24.6 Å². The minimum Gasteiger partial charge on any atom is -0.462 e. The Morgan fingerprint density at radius 3 is 2.73 bits per heavy atom. The van der Waals surface area contributed by atoms with Crippen molar-refractivity contribution >= 4 is 24.9 Å². The molecule has 1 aromatic carbocycles. The fraction of sp³-hybridized carbons (Fsp3) is 0.417. The Kier molecular flexibility index (Phi) is 7.93. The first-order valence-electron chi connectivity index (χ1n) is 11.8. The fourth-order valence-electron chi connectivity index (χ4n) is 4.15. The SMILES string of the molecule is C=C1[C@H](COP(=O)(N[C@@H](C)C(=O)OC(C)C)Oc2ccccc2)[C@@H](O)C[C@@H]1n1cnc2c(=O)[nH]cnc21. The van der Waals surface area contributed by atoms with Crippen molar-refractivity contribution in [3.8, 4) is 5.75 Å². The summed E-state index contributed by atoms with van der Waals surface area (Å²) in [4.78, 5) is 35.2. The zero-order valence-electron chi connectivity index (χ0n) is 20.7. The molecule has 3 aromatic rings. The number of ether oxygens (including phenoxy) is 1. The van der Waals surface area contributed by atoms with Crippen LogP contribution in [0.2, 0.25) is 0 Å². The summed E-state index contributed by atoms with van der Waals surface area (Å²) in [6, 6.07) is 6.99. The highest BCUT2D eigenvalue weighted by Gasteiger charge is 2.41. The van der Waals surface area contributed by atoms with Gasteiger partial charge in [-0.2, -0.15) is 5.09 Å². The third-order valence-electron chi connectivity index (χ3n) is 5.98. The van der Waals surface area contributed by atoms with Crippen LogP contribution in [0, 0.1) is 5.92 Å². The lowest BCUT2D eigenvalue weighted by Gasteiger charge is -2.25. The Hall–Kier alpha value is -3.31. The average Bonchev–Trinajstić information content (AvgIpc) is 3.39. The zero-order valence-corrected chi connectivity index (χ0v) is 21.6. The second kappa shape index (κ2) is 11.0. The summed E-state index contributed by atoms with van der Waals surface area (Å²) < 4.78 is 32.0. The monoisotopic (exact) mass is 531 g/mol. The molecule has 0 saturated heterocycles. The van der Waals surface area contributed by atoms with Gasteiger partial charge in [-0.3, -0.25) is 14.1 Å². The standard InChI is InChI=1S/C24H30N5O7P/c1-14(2)35-24(32)16(4)28-37(33,36-17-8-6-5-7-9-17)34-11-18-15(3)19(10-20(18)30)29-13-27-21-22(29)25-12-26-23(21)31/h5-9,12-14,16,18-20,30H,3,10-11H2,1-2,4H3,(H,28,33)(H,25,26,31)/t16-,18-,19-,20-,37?/m0/s1. The van der Waals surface area contributed by atoms with Crippen LogP contribution in [-0.2, 0) is 18.6 Å². The molecule has 12 nitrogen and oxygen atoms in total. The summed E-state index contributed by atoms with van der Waals surface area (Å²) in [7, 11) is -4.11. The maximum Gasteiger partial charge on any atom is 0.459 e. The van der Waals surface area contributed by atoms with E-state index in [1.54, 1.807) is 48.7 Å². The molecule has 5 atom stereocenters. The van der Waals surface area contributed by atoms with Crippen molar-refractivity contribution in [2.45, 2.75) is 51.5 Å². The maximum atomic E-state index is 13.7. The van der Waals surface area contributed by atoms with Crippen LogP contribution >= 0.6 is 7.75 Å². The number of nitrogens with one attached hydrogen (secondary N) is 2. The molecule has 1 saturated carbocycles. The molecule has 1 unspecified atom stereocenters. The number of aliphatic hydroxyl groups excluding tert-OH is 1. The van der Waals surface area contributed by atoms with Gasteiger partial charge < -0.3 is 23.9 Å². The fourth-order valence-corrected chi connectivity index (χ4v) is 5.67. The first-order chi connectivity index (χ1) is 17.6. The minimum absolute atomic E-state index is 0.178. The Balaban J connectivity index is 1.52. The quantitative estimate of drug-likeness (QED) is 0.202. The number of benzene rings is 1. The Bertz CT molecular complexity index is 1370. The van der Waals surface area contributed by atoms with E-state index in [2.05, 4.69) is 26.6 Å². The lowest BCUT2D eigenvalue weighted by Crippen LogP contribution is -2.36. The molecule has 2 aromatic heterocycles. The molecule has 4 rings (SSSR count). The average molecular weight is 532 g/mol. The van der Waals surface area contributed by atoms with E-state index in [0.717, 1.165) is 0 Å². The van der Waals surface area contributed by atoms with Gasteiger partial charge in [-0.05, 0) is 44.9 Å². The van der Waals surface area contributed by atoms with Gasteiger partial charge in [0.1, 0.15) is 11.8 Å². The number of esters is 1. The van der Waals surface area contributed by atoms with E-state index >= 15 is 0 Å². The van der Waals surface area contributed by atoms with Gasteiger partial charge in [-0.15, -0.1) is 0 Å². The Labute approximate surface area is 213 Å². The molecule has 0 amide bonds. The van der Waals surface area contributed by atoms with E-state index in [9.17, 15) is 19.3 Å². The van der Waals surface area contributed by atoms with Gasteiger partial charge in [-0.1, -0.05) is 24.8 Å². The van der Waals surface area contributed by atoms with Crippen LogP contribution < -0.4 is 15.2 Å². The Morgan fingerprint density at radius 2 is 2.03 bits per heavy atom. The molecular formula is C24H30N5O7P. The zero-order chi connectivity index (χ0) is 26.7. The first kappa shape index (κ1) is 26.7. The molecule has 13 heteroatoms. The number of carbonyl (C=O) groups is 1. The number of carbonyl (C=O) groups excluding carboxylic acids is 1. The number of aromatic nitrogens is 4. The number of imidazole rings is 1. The summed E-state index contributed by atoms with van der Waals surface area (Å²) in [5.74, 6) is -0.959. The van der Waals surface area contributed by atoms with Gasteiger partial charge in [0.2, 0.25) is 0 Å². The van der Waals surface area contributed by atoms with Crippen molar-refractivity contribution < 1.29 is 28.3 Å². The summed E-state index contributed by atoms with van der Waals surface area (Å²) in [6.45, 7) is 8.83. The lowest BCUT2D eigenvalue weighted by atomic mass is 10.0. The number of aromatic amines is 1. The highest BCUT2D eigenvalue weighted by atomic mass is 31.2. The minimum atomic E-state index is -4.11. The number of hydrogen-bond donors (Lipinski definition) is 3. The summed E-state index contributed by atoms with van der Waals surface area (Å²) >= 11 is 0. The van der Waals surface area contributed by atoms with E-state index < -0.39 is 37.8 Å². The van der Waals surface area contributed by atoms with Crippen molar-refractivity contribution in [2.75, 3.05) is 6.61 Å². The van der Waals surface area contributed by atoms with Crippen LogP contribution in [0.3, 0.4) is 0 Å². The van der Waals surface area contributed by atoms with Crippen molar-refractivity contribution in [2.24, 2.45) is 5.92 Å². The molecule has 0 spiro atoms. The molecule has 2 heterocycles. The van der Waals surface area contributed by atoms with Gasteiger partial charge in [-0.25, -0.2) is 14.5 Å². The number of rotatable bonds is 10. The molecule has 1 aliphatic rings. The molecule has 1 fully saturated rings. The van der Waals surface area contributed by atoms with Gasteiger partial charge in [0.25, 0.3) is 5.56 Å². The van der Waals surface area contributed by atoms with E-state index in [0.29, 0.717) is 11.2 Å². The smallest absolute Gasteiger partial charge is 0.459 e. The number of aliphatic hydroxyl groups is 1. The van der Waals surface area contributed by atoms with E-state index in [-0.39, 0.29) is 36.0 Å². The second-order valence-electron chi connectivity index (χ2n) is 9.09. The third kappa shape index (κ3) is 5.99. The van der Waals surface area contributed by atoms with Crippen LogP contribution in [0.25, 0.3) is 11.2 Å². The molecule has 198 valence electrons. The first-order valence-corrected chi connectivity index (χ1v) is 13.4. The molecule has 0 bridgehead atoms. The largest absolute Gasteiger partial charge is 0.462 e. The van der Waals surface area contributed by atoms with E-state index in [1.807, 2.05) is 0 Å². The predicted molar refractivity (Wildman–Crippen MR) is 135 cm³/mol. The maximum absolute atomic E-state index is 13.7. The van der Waals surface area contributed by atoms with Gasteiger partial charge in [0.15, 0.2) is 11.2 Å². The number of H-pyrrole nitrogens is 1. The molecule has 1 aliphatic carbocycles. The molecule has 0 aliphatic heterocycles. The molecule has 0 radical (unpaired) electrons. The van der Waals surface area contributed by atoms with E-state index in [1.165, 1.54) is 19.6 Å². The highest BCUT2D eigenvalue weighted by molar-refractivity contribution is 7.52. The Morgan fingerprint density at radius 1 is 1.30 bits per heavy atom. The highest BCUT2D eigenvalue weighted by Crippen LogP contribution is 2.48. The summed E-state index contributed by atoms with van der Waals surface area (Å²) in [6.07, 6.45) is 1.79. The number of para-hydroxylation sites is 1. The molecule has 3 N–H and O–H groups in total. The van der Waals surface area contributed by atoms with E-state index in [4.69, 9.17) is 13.8 Å².